The van der Waals surface area contributed by atoms with Crippen LogP contribution in [0, 0.1) is 0 Å². The van der Waals surface area contributed by atoms with Gasteiger partial charge < -0.3 is 14.1 Å². The normalized spacial score (nSPS) is 13.1. The second kappa shape index (κ2) is 6.84. The quantitative estimate of drug-likeness (QED) is 0.594. The Kier molecular flexibility index (Phi) is 5.72. The first-order chi connectivity index (χ1) is 8.85. The van der Waals surface area contributed by atoms with Crippen LogP contribution in [0.2, 0.25) is 19.6 Å². The van der Waals surface area contributed by atoms with Crippen LogP contribution in [0.25, 0.3) is 0 Å². The molecule has 0 bridgehead atoms. The Morgan fingerprint density at radius 1 is 1.26 bits per heavy atom. The highest BCUT2D eigenvalue weighted by Gasteiger charge is 2.29. The molecule has 1 rings (SSSR count). The van der Waals surface area contributed by atoms with Crippen molar-refractivity contribution in [2.75, 3.05) is 20.9 Å². The third-order valence-corrected chi connectivity index (χ3v) is 3.44. The van der Waals surface area contributed by atoms with E-state index >= 15 is 0 Å². The molecular formula is C14H23NO3Si. The van der Waals surface area contributed by atoms with Crippen LogP contribution in [-0.2, 0) is 14.0 Å². The van der Waals surface area contributed by atoms with Crippen molar-refractivity contribution in [3.63, 3.8) is 0 Å². The van der Waals surface area contributed by atoms with E-state index in [-0.39, 0.29) is 12.6 Å². The summed E-state index contributed by atoms with van der Waals surface area (Å²) in [6.45, 7) is 6.49. The van der Waals surface area contributed by atoms with E-state index in [0.717, 1.165) is 5.56 Å². The molecule has 1 aromatic rings. The number of hydrogen-bond acceptors (Lipinski definition) is 3. The monoisotopic (exact) mass is 281 g/mol. The van der Waals surface area contributed by atoms with Gasteiger partial charge >= 0.3 is 0 Å². The molecule has 1 amide bonds. The van der Waals surface area contributed by atoms with Crippen molar-refractivity contribution in [1.29, 1.82) is 0 Å². The molecule has 0 fully saturated rings. The molecule has 19 heavy (non-hydrogen) atoms. The van der Waals surface area contributed by atoms with Crippen molar-refractivity contribution >= 4 is 14.2 Å². The molecule has 1 aromatic carbocycles. The summed E-state index contributed by atoms with van der Waals surface area (Å²) >= 11 is 0. The van der Waals surface area contributed by atoms with Crippen LogP contribution in [0.5, 0.6) is 0 Å². The van der Waals surface area contributed by atoms with Gasteiger partial charge in [-0.3, -0.25) is 4.79 Å². The summed E-state index contributed by atoms with van der Waals surface area (Å²) in [5, 5.41) is 0. The first-order valence-electron chi connectivity index (χ1n) is 6.32. The number of nitrogens with zero attached hydrogens (tertiary/aromatic N) is 1. The van der Waals surface area contributed by atoms with Gasteiger partial charge in [-0.15, -0.1) is 0 Å². The molecular weight excluding hydrogens is 258 g/mol. The number of methoxy groups -OCH3 is 1. The summed E-state index contributed by atoms with van der Waals surface area (Å²) < 4.78 is 11.0. The van der Waals surface area contributed by atoms with Crippen LogP contribution < -0.4 is 0 Å². The molecule has 0 saturated heterocycles. The lowest BCUT2D eigenvalue weighted by Gasteiger charge is -2.29. The zero-order valence-corrected chi connectivity index (χ0v) is 13.3. The van der Waals surface area contributed by atoms with Gasteiger partial charge in [-0.25, -0.2) is 0 Å². The molecule has 0 radical (unpaired) electrons. The van der Waals surface area contributed by atoms with Crippen LogP contribution in [0.1, 0.15) is 11.7 Å². The minimum Gasteiger partial charge on any atom is -0.402 e. The van der Waals surface area contributed by atoms with Gasteiger partial charge in [0.2, 0.25) is 0 Å². The first-order valence-corrected chi connectivity index (χ1v) is 9.72. The summed E-state index contributed by atoms with van der Waals surface area (Å²) in [6, 6.07) is 9.60. The lowest BCUT2D eigenvalue weighted by atomic mass is 10.1. The van der Waals surface area contributed by atoms with Gasteiger partial charge in [0.05, 0.1) is 0 Å². The number of ether oxygens (including phenoxy) is 1. The number of hydrogen-bond donors (Lipinski definition) is 0. The van der Waals surface area contributed by atoms with E-state index in [0.29, 0.717) is 0 Å². The number of likely N-dealkylation sites (N-methyl/N-ethyl adjacent to an activating group) is 1. The van der Waals surface area contributed by atoms with Crippen molar-refractivity contribution in [2.45, 2.75) is 25.7 Å². The Bertz CT molecular complexity index is 403. The van der Waals surface area contributed by atoms with Crippen LogP contribution >= 0.6 is 0 Å². The highest BCUT2D eigenvalue weighted by Crippen LogP contribution is 2.24. The molecule has 0 heterocycles. The summed E-state index contributed by atoms with van der Waals surface area (Å²) in [5.74, 6) is -0.0736. The Morgan fingerprint density at radius 2 is 1.84 bits per heavy atom. The predicted molar refractivity (Wildman–Crippen MR) is 78.3 cm³/mol. The molecule has 0 saturated carbocycles. The Labute approximate surface area is 116 Å². The van der Waals surface area contributed by atoms with E-state index in [2.05, 4.69) is 19.6 Å². The minimum absolute atomic E-state index is 0.0736. The smallest absolute Gasteiger partial charge is 0.256 e. The molecule has 106 valence electrons. The number of carbonyl (C=O) groups is 1. The number of carbonyl (C=O) groups excluding carboxylic acids is 1. The van der Waals surface area contributed by atoms with Crippen LogP contribution in [0.15, 0.2) is 30.3 Å². The molecule has 0 N–H and O–H groups in total. The molecule has 0 aliphatic rings. The van der Waals surface area contributed by atoms with E-state index in [1.807, 2.05) is 30.3 Å². The maximum absolute atomic E-state index is 12.5. The van der Waals surface area contributed by atoms with Crippen molar-refractivity contribution in [2.24, 2.45) is 0 Å². The zero-order chi connectivity index (χ0) is 14.5. The van der Waals surface area contributed by atoms with Gasteiger partial charge in [0.15, 0.2) is 14.4 Å². The van der Waals surface area contributed by atoms with Gasteiger partial charge in [0.1, 0.15) is 6.73 Å². The maximum atomic E-state index is 12.5. The largest absolute Gasteiger partial charge is 0.402 e. The van der Waals surface area contributed by atoms with E-state index in [4.69, 9.17) is 9.16 Å². The molecule has 0 aromatic heterocycles. The van der Waals surface area contributed by atoms with Crippen molar-refractivity contribution in [3.8, 4) is 0 Å². The minimum atomic E-state index is -1.82. The van der Waals surface area contributed by atoms with Crippen molar-refractivity contribution < 1.29 is 14.0 Å². The standard InChI is InChI=1S/C14H23NO3Si/c1-15(11-17-2)14(16)13(18-19(3,4)5)12-9-7-6-8-10-12/h6-10,13H,11H2,1-5H3. The fraction of sp³-hybridized carbons (Fsp3) is 0.500. The second-order valence-corrected chi connectivity index (χ2v) is 9.94. The summed E-state index contributed by atoms with van der Waals surface area (Å²) in [6.07, 6.45) is -0.548. The lowest BCUT2D eigenvalue weighted by Crippen LogP contribution is -2.39. The molecule has 0 aliphatic carbocycles. The summed E-state index contributed by atoms with van der Waals surface area (Å²) in [4.78, 5) is 14.0. The van der Waals surface area contributed by atoms with Crippen molar-refractivity contribution in [1.82, 2.24) is 4.90 Å². The third-order valence-electron chi connectivity index (χ3n) is 2.50. The van der Waals surface area contributed by atoms with Gasteiger partial charge in [-0.2, -0.15) is 0 Å². The first kappa shape index (κ1) is 15.9. The van der Waals surface area contributed by atoms with Gasteiger partial charge in [-0.05, 0) is 25.2 Å². The lowest BCUT2D eigenvalue weighted by molar-refractivity contribution is -0.142. The molecule has 1 atom stereocenters. The fourth-order valence-electron chi connectivity index (χ4n) is 1.70. The topological polar surface area (TPSA) is 38.8 Å². The van der Waals surface area contributed by atoms with E-state index < -0.39 is 14.4 Å². The molecule has 0 spiro atoms. The number of rotatable bonds is 6. The van der Waals surface area contributed by atoms with Crippen LogP contribution in [0.3, 0.4) is 0 Å². The highest BCUT2D eigenvalue weighted by atomic mass is 28.4. The predicted octanol–water partition coefficient (Wildman–Crippen LogP) is 2.64. The van der Waals surface area contributed by atoms with Gasteiger partial charge in [0.25, 0.3) is 5.91 Å². The van der Waals surface area contributed by atoms with Gasteiger partial charge in [-0.1, -0.05) is 30.3 Å². The van der Waals surface area contributed by atoms with E-state index in [1.54, 1.807) is 14.2 Å². The molecule has 5 heteroatoms. The molecule has 4 nitrogen and oxygen atoms in total. The Balaban J connectivity index is 2.96. The van der Waals surface area contributed by atoms with E-state index in [9.17, 15) is 4.79 Å². The fourth-order valence-corrected chi connectivity index (χ4v) is 2.64. The third kappa shape index (κ3) is 5.14. The molecule has 1 unspecified atom stereocenters. The second-order valence-electron chi connectivity index (χ2n) is 5.47. The summed E-state index contributed by atoms with van der Waals surface area (Å²) in [7, 11) is 1.46. The Hall–Kier alpha value is -1.17. The van der Waals surface area contributed by atoms with Gasteiger partial charge in [0, 0.05) is 14.2 Å². The average molecular weight is 281 g/mol. The highest BCUT2D eigenvalue weighted by molar-refractivity contribution is 6.69. The number of benzene rings is 1. The van der Waals surface area contributed by atoms with E-state index in [1.165, 1.54) is 4.90 Å². The SMILES string of the molecule is COCN(C)C(=O)C(O[Si](C)(C)C)c1ccccc1. The Morgan fingerprint density at radius 3 is 2.32 bits per heavy atom. The zero-order valence-electron chi connectivity index (χ0n) is 12.3. The number of amides is 1. The maximum Gasteiger partial charge on any atom is 0.256 e. The molecule has 0 aliphatic heterocycles. The van der Waals surface area contributed by atoms with Crippen LogP contribution in [0.4, 0.5) is 0 Å². The average Bonchev–Trinajstić information content (AvgIpc) is 2.35. The van der Waals surface area contributed by atoms with Crippen LogP contribution in [-0.4, -0.2) is 40.0 Å². The summed E-state index contributed by atoms with van der Waals surface area (Å²) in [5.41, 5.74) is 0.887. The van der Waals surface area contributed by atoms with Crippen molar-refractivity contribution in [3.05, 3.63) is 35.9 Å².